The molecular weight excluding hydrogens is 341 g/mol. The number of aryl methyl sites for hydroxylation is 2. The molecule has 2 heterocycles. The van der Waals surface area contributed by atoms with Crippen molar-refractivity contribution in [2.75, 3.05) is 6.54 Å². The van der Waals surface area contributed by atoms with Crippen LogP contribution in [0, 0.1) is 6.92 Å². The lowest BCUT2D eigenvalue weighted by Crippen LogP contribution is -2.26. The molecule has 0 radical (unpaired) electrons. The summed E-state index contributed by atoms with van der Waals surface area (Å²) in [6, 6.07) is 0.895. The highest BCUT2D eigenvalue weighted by molar-refractivity contribution is 7.09. The highest BCUT2D eigenvalue weighted by Gasteiger charge is 2.33. The van der Waals surface area contributed by atoms with Gasteiger partial charge in [-0.1, -0.05) is 6.92 Å². The zero-order valence-electron chi connectivity index (χ0n) is 13.3. The van der Waals surface area contributed by atoms with Crippen LogP contribution < -0.4 is 5.32 Å². The molecule has 1 N–H and O–H groups in total. The molecule has 0 unspecified atom stereocenters. The molecule has 0 spiro atoms. The van der Waals surface area contributed by atoms with E-state index in [0.717, 1.165) is 23.9 Å². The summed E-state index contributed by atoms with van der Waals surface area (Å²) in [6.07, 6.45) is -2.64. The first-order chi connectivity index (χ1) is 11.3. The molecule has 0 aromatic carbocycles. The van der Waals surface area contributed by atoms with Crippen LogP contribution in [0.4, 0.5) is 13.2 Å². The van der Waals surface area contributed by atoms with Crippen molar-refractivity contribution in [3.05, 3.63) is 39.4 Å². The van der Waals surface area contributed by atoms with Crippen molar-refractivity contribution < 1.29 is 18.0 Å². The fourth-order valence-corrected chi connectivity index (χ4v) is 2.89. The van der Waals surface area contributed by atoms with Crippen molar-refractivity contribution in [1.82, 2.24) is 20.3 Å². The van der Waals surface area contributed by atoms with Crippen LogP contribution >= 0.6 is 11.3 Å². The first-order valence-electron chi connectivity index (χ1n) is 7.44. The summed E-state index contributed by atoms with van der Waals surface area (Å²) in [5.74, 6) is -0.301. The minimum atomic E-state index is -4.51. The average molecular weight is 358 g/mol. The second-order valence-electron chi connectivity index (χ2n) is 5.19. The van der Waals surface area contributed by atoms with E-state index < -0.39 is 11.9 Å². The van der Waals surface area contributed by atoms with Crippen molar-refractivity contribution in [3.8, 4) is 0 Å². The van der Waals surface area contributed by atoms with Gasteiger partial charge in [-0.3, -0.25) is 4.79 Å². The Morgan fingerprint density at radius 1 is 1.25 bits per heavy atom. The zero-order valence-corrected chi connectivity index (χ0v) is 14.1. The minimum Gasteiger partial charge on any atom is -0.350 e. The van der Waals surface area contributed by atoms with Crippen LogP contribution in [-0.2, 0) is 19.0 Å². The Labute approximate surface area is 141 Å². The van der Waals surface area contributed by atoms with Gasteiger partial charge in [-0.15, -0.1) is 11.3 Å². The predicted molar refractivity (Wildman–Crippen MR) is 83.9 cm³/mol. The van der Waals surface area contributed by atoms with Gasteiger partial charge in [0.2, 0.25) is 0 Å². The molecule has 0 aliphatic rings. The Balaban J connectivity index is 1.93. The van der Waals surface area contributed by atoms with Gasteiger partial charge in [-0.05, 0) is 25.8 Å². The maximum absolute atomic E-state index is 12.7. The number of halogens is 3. The van der Waals surface area contributed by atoms with Crippen molar-refractivity contribution in [1.29, 1.82) is 0 Å². The van der Waals surface area contributed by atoms with E-state index in [2.05, 4.69) is 20.3 Å². The summed E-state index contributed by atoms with van der Waals surface area (Å²) in [4.78, 5) is 23.6. The van der Waals surface area contributed by atoms with Gasteiger partial charge >= 0.3 is 6.18 Å². The van der Waals surface area contributed by atoms with Crippen LogP contribution in [0.5, 0.6) is 0 Å². The van der Waals surface area contributed by atoms with Crippen LogP contribution in [0.3, 0.4) is 0 Å². The summed E-state index contributed by atoms with van der Waals surface area (Å²) >= 11 is 1.42. The number of hydrogen-bond donors (Lipinski definition) is 1. The topological polar surface area (TPSA) is 67.8 Å². The van der Waals surface area contributed by atoms with E-state index in [1.165, 1.54) is 18.3 Å². The van der Waals surface area contributed by atoms with Gasteiger partial charge in [0.25, 0.3) is 5.91 Å². The SMILES string of the molecule is CCCc1nc(C(=O)NCCc2nc(C)cc(C(F)(F)F)n2)cs1. The summed E-state index contributed by atoms with van der Waals surface area (Å²) < 4.78 is 38.2. The molecule has 0 fully saturated rings. The smallest absolute Gasteiger partial charge is 0.350 e. The van der Waals surface area contributed by atoms with Crippen LogP contribution in [0.1, 0.15) is 46.1 Å². The third-order valence-electron chi connectivity index (χ3n) is 3.07. The Morgan fingerprint density at radius 2 is 2.00 bits per heavy atom. The van der Waals surface area contributed by atoms with Crippen molar-refractivity contribution in [3.63, 3.8) is 0 Å². The molecule has 0 atom stereocenters. The lowest BCUT2D eigenvalue weighted by molar-refractivity contribution is -0.141. The first-order valence-corrected chi connectivity index (χ1v) is 8.32. The van der Waals surface area contributed by atoms with Crippen LogP contribution in [0.2, 0.25) is 0 Å². The molecule has 0 saturated carbocycles. The molecule has 2 rings (SSSR count). The minimum absolute atomic E-state index is 0.0487. The lowest BCUT2D eigenvalue weighted by atomic mass is 10.3. The van der Waals surface area contributed by atoms with Crippen molar-refractivity contribution in [2.24, 2.45) is 0 Å². The average Bonchev–Trinajstić information content (AvgIpc) is 2.95. The van der Waals surface area contributed by atoms with E-state index in [4.69, 9.17) is 0 Å². The highest BCUT2D eigenvalue weighted by Crippen LogP contribution is 2.27. The van der Waals surface area contributed by atoms with Crippen molar-refractivity contribution >= 4 is 17.2 Å². The number of carbonyl (C=O) groups is 1. The summed E-state index contributed by atoms with van der Waals surface area (Å²) in [7, 11) is 0. The standard InChI is InChI=1S/C15H17F3N4OS/c1-3-4-13-21-10(8-24-13)14(23)19-6-5-12-20-9(2)7-11(22-12)15(16,17)18/h7-8H,3-6H2,1-2H3,(H,19,23). The fraction of sp³-hybridized carbons (Fsp3) is 0.467. The maximum atomic E-state index is 12.7. The van der Waals surface area contributed by atoms with Gasteiger partial charge in [0.15, 0.2) is 0 Å². The van der Waals surface area contributed by atoms with E-state index in [1.807, 2.05) is 6.92 Å². The number of hydrogen-bond acceptors (Lipinski definition) is 5. The van der Waals surface area contributed by atoms with E-state index in [-0.39, 0.29) is 30.4 Å². The third-order valence-corrected chi connectivity index (χ3v) is 3.98. The number of rotatable bonds is 6. The summed E-state index contributed by atoms with van der Waals surface area (Å²) in [6.45, 7) is 3.64. The maximum Gasteiger partial charge on any atom is 0.433 e. The monoisotopic (exact) mass is 358 g/mol. The molecule has 1 amide bonds. The lowest BCUT2D eigenvalue weighted by Gasteiger charge is -2.09. The van der Waals surface area contributed by atoms with Crippen LogP contribution in [-0.4, -0.2) is 27.4 Å². The number of nitrogens with zero attached hydrogens (tertiary/aromatic N) is 3. The molecule has 0 saturated heterocycles. The molecule has 0 bridgehead atoms. The number of alkyl halides is 3. The van der Waals surface area contributed by atoms with Gasteiger partial charge in [0.05, 0.1) is 5.01 Å². The molecule has 9 heteroatoms. The van der Waals surface area contributed by atoms with Gasteiger partial charge in [-0.25, -0.2) is 15.0 Å². The Bertz CT molecular complexity index is 715. The molecular formula is C15H17F3N4OS. The molecule has 0 aliphatic heterocycles. The second-order valence-corrected chi connectivity index (χ2v) is 6.13. The third kappa shape index (κ3) is 4.98. The number of thiazole rings is 1. The molecule has 130 valence electrons. The fourth-order valence-electron chi connectivity index (χ4n) is 2.01. The van der Waals surface area contributed by atoms with Gasteiger partial charge in [0, 0.05) is 24.0 Å². The van der Waals surface area contributed by atoms with E-state index in [0.29, 0.717) is 5.69 Å². The van der Waals surface area contributed by atoms with Crippen LogP contribution in [0.15, 0.2) is 11.4 Å². The first kappa shape index (κ1) is 18.3. The Kier molecular flexibility index (Phi) is 5.87. The number of carbonyl (C=O) groups excluding carboxylic acids is 1. The van der Waals surface area contributed by atoms with Crippen molar-refractivity contribution in [2.45, 2.75) is 39.3 Å². The Morgan fingerprint density at radius 3 is 2.67 bits per heavy atom. The zero-order chi connectivity index (χ0) is 17.7. The molecule has 0 aliphatic carbocycles. The van der Waals surface area contributed by atoms with Crippen LogP contribution in [0.25, 0.3) is 0 Å². The number of amides is 1. The molecule has 5 nitrogen and oxygen atoms in total. The largest absolute Gasteiger partial charge is 0.433 e. The normalized spacial score (nSPS) is 11.5. The van der Waals surface area contributed by atoms with Gasteiger partial charge < -0.3 is 5.32 Å². The molecule has 2 aromatic heterocycles. The summed E-state index contributed by atoms with van der Waals surface area (Å²) in [5, 5.41) is 5.18. The van der Waals surface area contributed by atoms with E-state index >= 15 is 0 Å². The summed E-state index contributed by atoms with van der Waals surface area (Å²) in [5.41, 5.74) is -0.410. The number of aromatic nitrogens is 3. The number of nitrogens with one attached hydrogen (secondary N) is 1. The van der Waals surface area contributed by atoms with Gasteiger partial charge in [0.1, 0.15) is 17.2 Å². The molecule has 24 heavy (non-hydrogen) atoms. The predicted octanol–water partition coefficient (Wildman–Crippen LogP) is 3.19. The quantitative estimate of drug-likeness (QED) is 0.861. The second kappa shape index (κ2) is 7.69. The van der Waals surface area contributed by atoms with E-state index in [9.17, 15) is 18.0 Å². The highest BCUT2D eigenvalue weighted by atomic mass is 32.1. The Hall–Kier alpha value is -2.03. The molecule has 2 aromatic rings. The van der Waals surface area contributed by atoms with Gasteiger partial charge in [-0.2, -0.15) is 13.2 Å². The van der Waals surface area contributed by atoms with E-state index in [1.54, 1.807) is 5.38 Å².